The fourth-order valence-corrected chi connectivity index (χ4v) is 2.40. The second-order valence-corrected chi connectivity index (χ2v) is 5.98. The van der Waals surface area contributed by atoms with Gasteiger partial charge >= 0.3 is 5.97 Å². The van der Waals surface area contributed by atoms with Crippen LogP contribution in [0.1, 0.15) is 15.9 Å². The molecule has 0 spiro atoms. The summed E-state index contributed by atoms with van der Waals surface area (Å²) in [6, 6.07) is 13.0. The summed E-state index contributed by atoms with van der Waals surface area (Å²) in [6.45, 7) is 0.655. The Kier molecular flexibility index (Phi) is 8.41. The van der Waals surface area contributed by atoms with E-state index in [2.05, 4.69) is 5.32 Å². The van der Waals surface area contributed by atoms with Crippen LogP contribution in [-0.4, -0.2) is 46.4 Å². The third-order valence-corrected chi connectivity index (χ3v) is 3.95. The molecule has 0 saturated heterocycles. The minimum atomic E-state index is -0.578. The minimum Gasteiger partial charge on any atom is -0.497 e. The molecule has 8 nitrogen and oxygen atoms in total. The number of esters is 1. The lowest BCUT2D eigenvalue weighted by Crippen LogP contribution is -2.27. The number of carbonyl (C=O) groups is 2. The molecule has 8 heteroatoms. The highest BCUT2D eigenvalue weighted by Crippen LogP contribution is 2.24. The minimum absolute atomic E-state index is 0.0423. The standard InChI is InChI=1S/C22H22N2O6/c1-27-9-8-24-21(25)17(14-23)10-15-4-6-18(7-5-15)30-22(26)16-11-19(28-2)13-20(12-16)29-3/h4-7,10-13H,8-9H2,1-3H3,(H,24,25)/b17-10+. The maximum absolute atomic E-state index is 12.4. The number of amides is 1. The third-order valence-electron chi connectivity index (χ3n) is 3.95. The smallest absolute Gasteiger partial charge is 0.343 e. The molecule has 0 saturated carbocycles. The molecule has 0 aliphatic carbocycles. The average molecular weight is 410 g/mol. The molecule has 2 aromatic carbocycles. The van der Waals surface area contributed by atoms with Crippen molar-refractivity contribution in [1.29, 1.82) is 5.26 Å². The van der Waals surface area contributed by atoms with Crippen molar-refractivity contribution in [2.24, 2.45) is 0 Å². The Labute approximate surface area is 174 Å². The van der Waals surface area contributed by atoms with Gasteiger partial charge in [0.1, 0.15) is 28.9 Å². The predicted octanol–water partition coefficient (Wildman–Crippen LogP) is 2.59. The summed E-state index contributed by atoms with van der Waals surface area (Å²) in [4.78, 5) is 24.4. The second-order valence-electron chi connectivity index (χ2n) is 5.98. The second kappa shape index (κ2) is 11.2. The van der Waals surface area contributed by atoms with Gasteiger partial charge in [0.05, 0.1) is 26.4 Å². The van der Waals surface area contributed by atoms with Gasteiger partial charge in [0.15, 0.2) is 0 Å². The number of carbonyl (C=O) groups excluding carboxylic acids is 2. The number of benzene rings is 2. The van der Waals surface area contributed by atoms with E-state index in [0.29, 0.717) is 36.0 Å². The first-order chi connectivity index (χ1) is 14.5. The van der Waals surface area contributed by atoms with E-state index in [9.17, 15) is 14.9 Å². The van der Waals surface area contributed by atoms with Crippen molar-refractivity contribution < 1.29 is 28.5 Å². The molecule has 0 atom stereocenters. The zero-order chi connectivity index (χ0) is 21.9. The average Bonchev–Trinajstić information content (AvgIpc) is 2.78. The molecule has 0 fully saturated rings. The van der Waals surface area contributed by atoms with Gasteiger partial charge in [0, 0.05) is 19.7 Å². The van der Waals surface area contributed by atoms with Crippen molar-refractivity contribution >= 4 is 18.0 Å². The molecule has 0 aromatic heterocycles. The van der Waals surface area contributed by atoms with E-state index >= 15 is 0 Å². The number of nitrogens with zero attached hydrogens (tertiary/aromatic N) is 1. The van der Waals surface area contributed by atoms with Crippen molar-refractivity contribution in [1.82, 2.24) is 5.32 Å². The topological polar surface area (TPSA) is 107 Å². The zero-order valence-electron chi connectivity index (χ0n) is 16.9. The van der Waals surface area contributed by atoms with Gasteiger partial charge < -0.3 is 24.3 Å². The van der Waals surface area contributed by atoms with Crippen LogP contribution in [0.3, 0.4) is 0 Å². The van der Waals surface area contributed by atoms with Crippen LogP contribution in [0.5, 0.6) is 17.2 Å². The van der Waals surface area contributed by atoms with Crippen LogP contribution in [0.2, 0.25) is 0 Å². The Bertz CT molecular complexity index is 938. The Morgan fingerprint density at radius 1 is 1.00 bits per heavy atom. The van der Waals surface area contributed by atoms with Crippen molar-refractivity contribution in [2.45, 2.75) is 0 Å². The fourth-order valence-electron chi connectivity index (χ4n) is 2.40. The maximum atomic E-state index is 12.4. The highest BCUT2D eigenvalue weighted by molar-refractivity contribution is 6.01. The molecule has 1 N–H and O–H groups in total. The first kappa shape index (κ1) is 22.5. The summed E-state index contributed by atoms with van der Waals surface area (Å²) < 4.78 is 20.5. The summed E-state index contributed by atoms with van der Waals surface area (Å²) >= 11 is 0. The van der Waals surface area contributed by atoms with Crippen LogP contribution < -0.4 is 19.5 Å². The molecule has 2 aromatic rings. The van der Waals surface area contributed by atoms with Crippen LogP contribution in [0.15, 0.2) is 48.0 Å². The lowest BCUT2D eigenvalue weighted by atomic mass is 10.1. The van der Waals surface area contributed by atoms with E-state index in [1.165, 1.54) is 27.4 Å². The summed E-state index contributed by atoms with van der Waals surface area (Å²) in [7, 11) is 4.50. The molecule has 30 heavy (non-hydrogen) atoms. The molecular formula is C22H22N2O6. The van der Waals surface area contributed by atoms with Crippen molar-refractivity contribution in [3.8, 4) is 23.3 Å². The first-order valence-corrected chi connectivity index (χ1v) is 8.95. The largest absolute Gasteiger partial charge is 0.497 e. The van der Waals surface area contributed by atoms with Gasteiger partial charge in [-0.05, 0) is 35.9 Å². The van der Waals surface area contributed by atoms with Crippen LogP contribution in [0.4, 0.5) is 0 Å². The summed E-state index contributed by atoms with van der Waals surface area (Å²) in [6.07, 6.45) is 1.45. The van der Waals surface area contributed by atoms with E-state index in [1.54, 1.807) is 42.5 Å². The van der Waals surface area contributed by atoms with Gasteiger partial charge in [-0.15, -0.1) is 0 Å². The normalized spacial score (nSPS) is 10.7. The third kappa shape index (κ3) is 6.36. The fraction of sp³-hybridized carbons (Fsp3) is 0.227. The number of methoxy groups -OCH3 is 3. The van der Waals surface area contributed by atoms with E-state index < -0.39 is 11.9 Å². The number of ether oxygens (including phenoxy) is 4. The zero-order valence-corrected chi connectivity index (χ0v) is 16.9. The molecule has 156 valence electrons. The summed E-state index contributed by atoms with van der Waals surface area (Å²) in [5.74, 6) is 0.175. The number of nitriles is 1. The molecule has 0 aliphatic rings. The van der Waals surface area contributed by atoms with Gasteiger partial charge in [-0.2, -0.15) is 5.26 Å². The van der Waals surface area contributed by atoms with E-state index in [4.69, 9.17) is 18.9 Å². The maximum Gasteiger partial charge on any atom is 0.343 e. The molecule has 2 rings (SSSR count). The highest BCUT2D eigenvalue weighted by atomic mass is 16.5. The van der Waals surface area contributed by atoms with Crippen LogP contribution in [-0.2, 0) is 9.53 Å². The van der Waals surface area contributed by atoms with E-state index in [0.717, 1.165) is 0 Å². The molecule has 1 amide bonds. The van der Waals surface area contributed by atoms with Gasteiger partial charge in [-0.3, -0.25) is 4.79 Å². The Morgan fingerprint density at radius 2 is 1.63 bits per heavy atom. The SMILES string of the molecule is COCCNC(=O)/C(C#N)=C/c1ccc(OC(=O)c2cc(OC)cc(OC)c2)cc1. The van der Waals surface area contributed by atoms with Crippen molar-refractivity contribution in [3.05, 3.63) is 59.2 Å². The predicted molar refractivity (Wildman–Crippen MR) is 109 cm³/mol. The van der Waals surface area contributed by atoms with Crippen LogP contribution in [0.25, 0.3) is 6.08 Å². The molecule has 0 bridgehead atoms. The van der Waals surface area contributed by atoms with E-state index in [-0.39, 0.29) is 11.1 Å². The van der Waals surface area contributed by atoms with E-state index in [1.807, 2.05) is 6.07 Å². The molecule has 0 heterocycles. The van der Waals surface area contributed by atoms with Gasteiger partial charge in [0.2, 0.25) is 0 Å². The van der Waals surface area contributed by atoms with Crippen molar-refractivity contribution in [2.75, 3.05) is 34.5 Å². The van der Waals surface area contributed by atoms with Crippen LogP contribution in [0, 0.1) is 11.3 Å². The van der Waals surface area contributed by atoms with Crippen molar-refractivity contribution in [3.63, 3.8) is 0 Å². The van der Waals surface area contributed by atoms with Gasteiger partial charge in [0.25, 0.3) is 5.91 Å². The Hall–Kier alpha value is -3.83. The number of nitrogens with one attached hydrogen (secondary N) is 1. The highest BCUT2D eigenvalue weighted by Gasteiger charge is 2.13. The monoisotopic (exact) mass is 410 g/mol. The molecule has 0 radical (unpaired) electrons. The van der Waals surface area contributed by atoms with Crippen LogP contribution >= 0.6 is 0 Å². The summed E-state index contributed by atoms with van der Waals surface area (Å²) in [5.41, 5.74) is 0.838. The number of rotatable bonds is 9. The molecule has 0 unspecified atom stereocenters. The number of hydrogen-bond donors (Lipinski definition) is 1. The lowest BCUT2D eigenvalue weighted by molar-refractivity contribution is -0.117. The summed E-state index contributed by atoms with van der Waals surface area (Å²) in [5, 5.41) is 11.8. The quantitative estimate of drug-likeness (QED) is 0.223. The van der Waals surface area contributed by atoms with Gasteiger partial charge in [-0.25, -0.2) is 4.79 Å². The van der Waals surface area contributed by atoms with Gasteiger partial charge in [-0.1, -0.05) is 12.1 Å². The molecule has 0 aliphatic heterocycles. The Balaban J connectivity index is 2.09. The first-order valence-electron chi connectivity index (χ1n) is 8.95. The Morgan fingerprint density at radius 3 is 2.17 bits per heavy atom. The lowest BCUT2D eigenvalue weighted by Gasteiger charge is -2.09. The molecular weight excluding hydrogens is 388 g/mol. The number of hydrogen-bond acceptors (Lipinski definition) is 7.